The number of likely N-dealkylation sites (tertiary alicyclic amines) is 1. The van der Waals surface area contributed by atoms with Crippen LogP contribution in [0.2, 0.25) is 0 Å². The molecule has 2 aromatic rings. The normalized spacial score (nSPS) is 18.4. The molecule has 1 unspecified atom stereocenters. The third kappa shape index (κ3) is 2.74. The summed E-state index contributed by atoms with van der Waals surface area (Å²) >= 11 is 1.27. The summed E-state index contributed by atoms with van der Waals surface area (Å²) in [5.74, 6) is -1.19. The first-order valence-electron chi connectivity index (χ1n) is 7.05. The predicted molar refractivity (Wildman–Crippen MR) is 80.6 cm³/mol. The Kier molecular flexibility index (Phi) is 3.93. The van der Waals surface area contributed by atoms with E-state index in [0.717, 1.165) is 18.4 Å². The van der Waals surface area contributed by atoms with Crippen LogP contribution < -0.4 is 0 Å². The Morgan fingerprint density at radius 3 is 2.86 bits per heavy atom. The highest BCUT2D eigenvalue weighted by Gasteiger charge is 2.33. The fourth-order valence-corrected chi connectivity index (χ4v) is 3.46. The van der Waals surface area contributed by atoms with Gasteiger partial charge in [-0.15, -0.1) is 11.3 Å². The molecule has 0 spiro atoms. The lowest BCUT2D eigenvalue weighted by Gasteiger charge is -2.32. The summed E-state index contributed by atoms with van der Waals surface area (Å²) in [7, 11) is 1.81. The van der Waals surface area contributed by atoms with Crippen molar-refractivity contribution >= 4 is 23.2 Å². The van der Waals surface area contributed by atoms with Crippen LogP contribution in [0, 0.1) is 0 Å². The molecule has 1 N–H and O–H groups in total. The number of nitrogens with zero attached hydrogens (tertiary/aromatic N) is 4. The quantitative estimate of drug-likeness (QED) is 0.928. The van der Waals surface area contributed by atoms with Gasteiger partial charge in [-0.25, -0.2) is 9.78 Å². The highest BCUT2D eigenvalue weighted by molar-refractivity contribution is 7.16. The summed E-state index contributed by atoms with van der Waals surface area (Å²) in [5.41, 5.74) is 0.847. The molecular weight excluding hydrogens is 304 g/mol. The van der Waals surface area contributed by atoms with E-state index in [1.165, 1.54) is 22.4 Å². The molecule has 1 amide bonds. The van der Waals surface area contributed by atoms with E-state index in [0.29, 0.717) is 22.9 Å². The van der Waals surface area contributed by atoms with Gasteiger partial charge in [-0.1, -0.05) is 0 Å². The third-order valence-electron chi connectivity index (χ3n) is 3.72. The smallest absolute Gasteiger partial charge is 0.326 e. The molecule has 0 radical (unpaired) electrons. The molecule has 7 nitrogen and oxygen atoms in total. The minimum absolute atomic E-state index is 0.250. The molecule has 8 heteroatoms. The van der Waals surface area contributed by atoms with E-state index < -0.39 is 12.0 Å². The van der Waals surface area contributed by atoms with Crippen LogP contribution in [0.15, 0.2) is 18.6 Å². The van der Waals surface area contributed by atoms with E-state index in [1.807, 2.05) is 13.2 Å². The first-order valence-corrected chi connectivity index (χ1v) is 7.86. The Labute approximate surface area is 131 Å². The SMILES string of the molecule is Cn1cc(-c2ncc(C(=O)N3CCCCC3C(=O)O)s2)cn1. The van der Waals surface area contributed by atoms with Crippen LogP contribution >= 0.6 is 11.3 Å². The maximum absolute atomic E-state index is 12.6. The van der Waals surface area contributed by atoms with Gasteiger partial charge in [0.2, 0.25) is 0 Å². The summed E-state index contributed by atoms with van der Waals surface area (Å²) in [4.78, 5) is 30.1. The molecular formula is C14H16N4O3S. The molecule has 0 saturated carbocycles. The van der Waals surface area contributed by atoms with Crippen LogP contribution in [0.25, 0.3) is 10.6 Å². The second-order valence-electron chi connectivity index (χ2n) is 5.28. The van der Waals surface area contributed by atoms with Gasteiger partial charge in [0.25, 0.3) is 5.91 Å². The standard InChI is InChI=1S/C14H16N4O3S/c1-17-8-9(6-16-17)12-15-7-11(22-12)13(19)18-5-3-2-4-10(18)14(20)21/h6-8,10H,2-5H2,1H3,(H,20,21). The number of aryl methyl sites for hydroxylation is 1. The van der Waals surface area contributed by atoms with Crippen LogP contribution in [-0.2, 0) is 11.8 Å². The first kappa shape index (κ1) is 14.7. The molecule has 116 valence electrons. The van der Waals surface area contributed by atoms with Gasteiger partial charge in [0.05, 0.1) is 12.4 Å². The van der Waals surface area contributed by atoms with Crippen molar-refractivity contribution in [2.45, 2.75) is 25.3 Å². The van der Waals surface area contributed by atoms with Crippen molar-refractivity contribution in [3.8, 4) is 10.6 Å². The van der Waals surface area contributed by atoms with E-state index in [1.54, 1.807) is 10.9 Å². The number of piperidine rings is 1. The van der Waals surface area contributed by atoms with Crippen LogP contribution in [0.1, 0.15) is 28.9 Å². The molecule has 3 heterocycles. The van der Waals surface area contributed by atoms with Gasteiger partial charge < -0.3 is 10.0 Å². The number of carbonyl (C=O) groups excluding carboxylic acids is 1. The van der Waals surface area contributed by atoms with E-state index in [2.05, 4.69) is 10.1 Å². The van der Waals surface area contributed by atoms with Crippen molar-refractivity contribution in [1.82, 2.24) is 19.7 Å². The van der Waals surface area contributed by atoms with E-state index in [4.69, 9.17) is 0 Å². The molecule has 2 aromatic heterocycles. The van der Waals surface area contributed by atoms with Gasteiger partial charge in [0.15, 0.2) is 0 Å². The zero-order valence-electron chi connectivity index (χ0n) is 12.1. The lowest BCUT2D eigenvalue weighted by Crippen LogP contribution is -2.47. The highest BCUT2D eigenvalue weighted by Crippen LogP contribution is 2.27. The molecule has 1 atom stereocenters. The van der Waals surface area contributed by atoms with E-state index >= 15 is 0 Å². The monoisotopic (exact) mass is 320 g/mol. The van der Waals surface area contributed by atoms with E-state index in [-0.39, 0.29) is 5.91 Å². The number of carbonyl (C=O) groups is 2. The molecule has 1 aliphatic rings. The number of aliphatic carboxylic acids is 1. The number of thiazole rings is 1. The fourth-order valence-electron chi connectivity index (χ4n) is 2.61. The molecule has 1 fully saturated rings. The van der Waals surface area contributed by atoms with Crippen LogP contribution in [0.3, 0.4) is 0 Å². The average Bonchev–Trinajstić information content (AvgIpc) is 3.15. The summed E-state index contributed by atoms with van der Waals surface area (Å²) in [6, 6.07) is -0.731. The fraction of sp³-hybridized carbons (Fsp3) is 0.429. The Morgan fingerprint density at radius 2 is 2.18 bits per heavy atom. The number of rotatable bonds is 3. The summed E-state index contributed by atoms with van der Waals surface area (Å²) < 4.78 is 1.67. The Balaban J connectivity index is 1.83. The lowest BCUT2D eigenvalue weighted by molar-refractivity contribution is -0.143. The first-order chi connectivity index (χ1) is 10.6. The zero-order chi connectivity index (χ0) is 15.7. The minimum atomic E-state index is -0.940. The maximum atomic E-state index is 12.6. The second kappa shape index (κ2) is 5.88. The largest absolute Gasteiger partial charge is 0.480 e. The van der Waals surface area contributed by atoms with Crippen molar-refractivity contribution in [2.75, 3.05) is 6.54 Å². The number of hydrogen-bond acceptors (Lipinski definition) is 5. The zero-order valence-corrected chi connectivity index (χ0v) is 12.9. The van der Waals surface area contributed by atoms with Gasteiger partial charge in [0.1, 0.15) is 15.9 Å². The second-order valence-corrected chi connectivity index (χ2v) is 6.31. The minimum Gasteiger partial charge on any atom is -0.480 e. The van der Waals surface area contributed by atoms with Gasteiger partial charge >= 0.3 is 5.97 Å². The van der Waals surface area contributed by atoms with Crippen LogP contribution in [-0.4, -0.2) is 49.2 Å². The molecule has 0 aliphatic carbocycles. The number of carboxylic acids is 1. The Hall–Kier alpha value is -2.22. The number of aromatic nitrogens is 3. The number of amides is 1. The average molecular weight is 320 g/mol. The molecule has 0 bridgehead atoms. The van der Waals surface area contributed by atoms with Crippen LogP contribution in [0.4, 0.5) is 0 Å². The van der Waals surface area contributed by atoms with Gasteiger partial charge in [0, 0.05) is 25.4 Å². The lowest BCUT2D eigenvalue weighted by atomic mass is 10.0. The maximum Gasteiger partial charge on any atom is 0.326 e. The van der Waals surface area contributed by atoms with Crippen molar-refractivity contribution in [3.05, 3.63) is 23.5 Å². The van der Waals surface area contributed by atoms with Crippen molar-refractivity contribution in [1.29, 1.82) is 0 Å². The molecule has 22 heavy (non-hydrogen) atoms. The molecule has 1 saturated heterocycles. The summed E-state index contributed by atoms with van der Waals surface area (Å²) in [6.45, 7) is 0.482. The van der Waals surface area contributed by atoms with Crippen molar-refractivity contribution in [2.24, 2.45) is 7.05 Å². The van der Waals surface area contributed by atoms with Gasteiger partial charge in [-0.05, 0) is 19.3 Å². The molecule has 3 rings (SSSR count). The predicted octanol–water partition coefficient (Wildman–Crippen LogP) is 1.62. The number of carboxylic acid groups (broad SMARTS) is 1. The van der Waals surface area contributed by atoms with E-state index in [9.17, 15) is 14.7 Å². The highest BCUT2D eigenvalue weighted by atomic mass is 32.1. The summed E-state index contributed by atoms with van der Waals surface area (Å²) in [6.07, 6.45) is 7.22. The van der Waals surface area contributed by atoms with Crippen molar-refractivity contribution in [3.63, 3.8) is 0 Å². The Morgan fingerprint density at radius 1 is 1.36 bits per heavy atom. The van der Waals surface area contributed by atoms with Crippen LogP contribution in [0.5, 0.6) is 0 Å². The number of hydrogen-bond donors (Lipinski definition) is 1. The van der Waals surface area contributed by atoms with Gasteiger partial charge in [-0.3, -0.25) is 9.48 Å². The van der Waals surface area contributed by atoms with Crippen molar-refractivity contribution < 1.29 is 14.7 Å². The third-order valence-corrected chi connectivity index (χ3v) is 4.75. The Bertz CT molecular complexity index is 709. The molecule has 0 aromatic carbocycles. The molecule has 1 aliphatic heterocycles. The van der Waals surface area contributed by atoms with Gasteiger partial charge in [-0.2, -0.15) is 5.10 Å². The summed E-state index contributed by atoms with van der Waals surface area (Å²) in [5, 5.41) is 14.1. The topological polar surface area (TPSA) is 88.3 Å².